The molecule has 0 N–H and O–H groups in total. The van der Waals surface area contributed by atoms with Crippen molar-refractivity contribution in [3.8, 4) is 0 Å². The molecule has 4 bridgehead atoms. The lowest BCUT2D eigenvalue weighted by atomic mass is 9.51. The van der Waals surface area contributed by atoms with Crippen LogP contribution in [0.25, 0.3) is 0 Å². The number of Topliss-reactive ketones (excluding diaryl/α,β-unsaturated/α-hetero) is 1. The summed E-state index contributed by atoms with van der Waals surface area (Å²) < 4.78 is 13.0. The first-order valence-corrected chi connectivity index (χ1v) is 8.48. The van der Waals surface area contributed by atoms with Crippen molar-refractivity contribution >= 4 is 17.4 Å². The summed E-state index contributed by atoms with van der Waals surface area (Å²) in [6.45, 7) is 0. The van der Waals surface area contributed by atoms with Gasteiger partial charge in [-0.3, -0.25) is 4.79 Å². The monoisotopic (exact) mass is 306 g/mol. The summed E-state index contributed by atoms with van der Waals surface area (Å²) in [7, 11) is 0. The first-order chi connectivity index (χ1) is 10.1. The van der Waals surface area contributed by atoms with Gasteiger partial charge in [0.05, 0.1) is 0 Å². The molecule has 0 heterocycles. The third-order valence-electron chi connectivity index (χ3n) is 5.97. The number of hydrogen-bond acceptors (Lipinski definition) is 1. The molecule has 0 aliphatic heterocycles. The second-order valence-corrected chi connectivity index (χ2v) is 7.71. The Morgan fingerprint density at radius 2 is 1.52 bits per heavy atom. The van der Waals surface area contributed by atoms with Crippen LogP contribution in [0.3, 0.4) is 0 Å². The van der Waals surface area contributed by atoms with Crippen molar-refractivity contribution in [1.29, 1.82) is 0 Å². The summed E-state index contributed by atoms with van der Waals surface area (Å²) in [6.07, 6.45) is 6.26. The number of benzene rings is 1. The van der Waals surface area contributed by atoms with Crippen molar-refractivity contribution in [2.45, 2.75) is 37.5 Å². The van der Waals surface area contributed by atoms with E-state index < -0.39 is 5.38 Å². The van der Waals surface area contributed by atoms with Crippen LogP contribution in [0.1, 0.15) is 43.0 Å². The van der Waals surface area contributed by atoms with Crippen molar-refractivity contribution in [2.24, 2.45) is 29.6 Å². The van der Waals surface area contributed by atoms with Gasteiger partial charge in [-0.15, -0.1) is 11.6 Å². The zero-order valence-electron chi connectivity index (χ0n) is 12.0. The van der Waals surface area contributed by atoms with Gasteiger partial charge in [0.15, 0.2) is 5.78 Å². The van der Waals surface area contributed by atoms with Gasteiger partial charge in [-0.2, -0.15) is 0 Å². The number of carbonyl (C=O) groups excluding carboxylic acids is 1. The van der Waals surface area contributed by atoms with E-state index in [1.807, 2.05) is 0 Å². The molecule has 21 heavy (non-hydrogen) atoms. The molecule has 0 amide bonds. The minimum atomic E-state index is -0.617. The normalized spacial score (nSPS) is 38.5. The van der Waals surface area contributed by atoms with E-state index in [2.05, 4.69) is 0 Å². The predicted molar refractivity (Wildman–Crippen MR) is 80.5 cm³/mol. The van der Waals surface area contributed by atoms with Crippen molar-refractivity contribution in [3.63, 3.8) is 0 Å². The van der Waals surface area contributed by atoms with Crippen molar-refractivity contribution in [3.05, 3.63) is 35.6 Å². The molecule has 0 spiro atoms. The molecule has 0 aromatic heterocycles. The van der Waals surface area contributed by atoms with E-state index in [1.54, 1.807) is 12.1 Å². The Hall–Kier alpha value is -0.890. The van der Waals surface area contributed by atoms with Crippen molar-refractivity contribution in [2.75, 3.05) is 0 Å². The fourth-order valence-corrected chi connectivity index (χ4v) is 5.65. The third-order valence-corrected chi connectivity index (χ3v) is 6.43. The van der Waals surface area contributed by atoms with E-state index >= 15 is 0 Å². The predicted octanol–water partition coefficient (Wildman–Crippen LogP) is 4.75. The van der Waals surface area contributed by atoms with Crippen LogP contribution in [0.4, 0.5) is 4.39 Å². The summed E-state index contributed by atoms with van der Waals surface area (Å²) in [5.74, 6) is 2.85. The molecule has 3 heteroatoms. The van der Waals surface area contributed by atoms with Gasteiger partial charge in [0, 0.05) is 5.92 Å². The van der Waals surface area contributed by atoms with Gasteiger partial charge in [-0.1, -0.05) is 12.1 Å². The molecule has 1 nitrogen and oxygen atoms in total. The van der Waals surface area contributed by atoms with Crippen LogP contribution in [0.15, 0.2) is 24.3 Å². The van der Waals surface area contributed by atoms with E-state index in [-0.39, 0.29) is 17.5 Å². The van der Waals surface area contributed by atoms with Gasteiger partial charge in [-0.25, -0.2) is 4.39 Å². The topological polar surface area (TPSA) is 17.1 Å². The van der Waals surface area contributed by atoms with Crippen LogP contribution in [0.5, 0.6) is 0 Å². The number of ketones is 1. The van der Waals surface area contributed by atoms with Crippen LogP contribution < -0.4 is 0 Å². The first kappa shape index (κ1) is 13.8. The van der Waals surface area contributed by atoms with Gasteiger partial charge in [0.25, 0.3) is 0 Å². The van der Waals surface area contributed by atoms with E-state index in [1.165, 1.54) is 44.2 Å². The van der Waals surface area contributed by atoms with E-state index in [9.17, 15) is 9.18 Å². The molecule has 1 unspecified atom stereocenters. The zero-order chi connectivity index (χ0) is 14.6. The van der Waals surface area contributed by atoms with Crippen molar-refractivity contribution in [1.82, 2.24) is 0 Å². The van der Waals surface area contributed by atoms with Gasteiger partial charge in [0.2, 0.25) is 0 Å². The molecule has 4 saturated carbocycles. The summed E-state index contributed by atoms with van der Waals surface area (Å²) in [4.78, 5) is 12.9. The lowest BCUT2D eigenvalue weighted by molar-refractivity contribution is -0.135. The van der Waals surface area contributed by atoms with Crippen LogP contribution in [0.2, 0.25) is 0 Å². The Morgan fingerprint density at radius 1 is 1.00 bits per heavy atom. The van der Waals surface area contributed by atoms with E-state index in [0.29, 0.717) is 11.8 Å². The Balaban J connectivity index is 1.55. The summed E-state index contributed by atoms with van der Waals surface area (Å²) >= 11 is 6.43. The SMILES string of the molecule is O=C(C(Cl)c1ccc(F)cc1)C1C2CC3CC(C2)CC1C3. The van der Waals surface area contributed by atoms with Gasteiger partial charge >= 0.3 is 0 Å². The Morgan fingerprint density at radius 3 is 2.05 bits per heavy atom. The van der Waals surface area contributed by atoms with Gasteiger partial charge < -0.3 is 0 Å². The Kier molecular flexibility index (Phi) is 3.33. The molecule has 1 aromatic rings. The molecule has 1 atom stereocenters. The fourth-order valence-electron chi connectivity index (χ4n) is 5.35. The summed E-state index contributed by atoms with van der Waals surface area (Å²) in [6, 6.07) is 6.05. The Labute approximate surface area is 129 Å². The van der Waals surface area contributed by atoms with Crippen LogP contribution in [0, 0.1) is 35.4 Å². The maximum Gasteiger partial charge on any atom is 0.158 e. The number of carbonyl (C=O) groups is 1. The molecule has 0 radical (unpaired) electrons. The molecule has 1 aromatic carbocycles. The average Bonchev–Trinajstić information content (AvgIpc) is 2.46. The minimum Gasteiger partial charge on any atom is -0.297 e. The van der Waals surface area contributed by atoms with E-state index in [0.717, 1.165) is 17.4 Å². The highest BCUT2D eigenvalue weighted by atomic mass is 35.5. The third kappa shape index (κ3) is 2.32. The maximum atomic E-state index is 13.0. The number of alkyl halides is 1. The smallest absolute Gasteiger partial charge is 0.158 e. The summed E-state index contributed by atoms with van der Waals surface area (Å²) in [5, 5.41) is -0.617. The zero-order valence-corrected chi connectivity index (χ0v) is 12.7. The van der Waals surface area contributed by atoms with Gasteiger partial charge in [0.1, 0.15) is 11.2 Å². The number of hydrogen-bond donors (Lipinski definition) is 0. The standard InChI is InChI=1S/C18H20ClFO/c19-17(12-1-3-15(20)4-2-12)18(21)16-13-6-10-5-11(8-13)9-14(16)7-10/h1-4,10-11,13-14,16-17H,5-9H2. The molecular formula is C18H20ClFO. The molecule has 4 aliphatic rings. The molecule has 4 aliphatic carbocycles. The summed E-state index contributed by atoms with van der Waals surface area (Å²) in [5.41, 5.74) is 0.733. The second kappa shape index (κ2) is 5.08. The average molecular weight is 307 g/mol. The fraction of sp³-hybridized carbons (Fsp3) is 0.611. The minimum absolute atomic E-state index is 0.144. The highest BCUT2D eigenvalue weighted by molar-refractivity contribution is 6.31. The molecule has 4 fully saturated rings. The molecule has 0 saturated heterocycles. The lowest BCUT2D eigenvalue weighted by Crippen LogP contribution is -2.48. The van der Waals surface area contributed by atoms with Crippen LogP contribution in [-0.4, -0.2) is 5.78 Å². The highest BCUT2D eigenvalue weighted by Gasteiger charge is 2.51. The highest BCUT2D eigenvalue weighted by Crippen LogP contribution is 2.57. The largest absolute Gasteiger partial charge is 0.297 e. The Bertz CT molecular complexity index is 525. The van der Waals surface area contributed by atoms with E-state index in [4.69, 9.17) is 11.6 Å². The molecule has 5 rings (SSSR count). The first-order valence-electron chi connectivity index (χ1n) is 8.05. The second-order valence-electron chi connectivity index (χ2n) is 7.27. The van der Waals surface area contributed by atoms with Crippen LogP contribution >= 0.6 is 11.6 Å². The molecular weight excluding hydrogens is 287 g/mol. The number of halogens is 2. The van der Waals surface area contributed by atoms with Gasteiger partial charge in [-0.05, 0) is 73.5 Å². The maximum absolute atomic E-state index is 13.0. The van der Waals surface area contributed by atoms with Crippen LogP contribution in [-0.2, 0) is 4.79 Å². The lowest BCUT2D eigenvalue weighted by Gasteiger charge is -2.54. The number of rotatable bonds is 3. The van der Waals surface area contributed by atoms with Crippen molar-refractivity contribution < 1.29 is 9.18 Å². The quantitative estimate of drug-likeness (QED) is 0.737. The molecule has 112 valence electrons.